The van der Waals surface area contributed by atoms with E-state index in [4.69, 9.17) is 5.73 Å². The fourth-order valence-electron chi connectivity index (χ4n) is 2.17. The molecule has 1 aromatic heterocycles. The van der Waals surface area contributed by atoms with Crippen LogP contribution in [0.2, 0.25) is 0 Å². The molecule has 2 aromatic carbocycles. The number of nitrogens with two attached hydrogens (primary N) is 1. The molecule has 0 spiro atoms. The number of allylic oxidation sites excluding steroid dienone is 1. The minimum atomic E-state index is 0.723. The molecule has 3 aromatic rings. The summed E-state index contributed by atoms with van der Waals surface area (Å²) in [5, 5.41) is 4.32. The number of nitrogen functional groups attached to an aromatic ring is 1. The highest BCUT2D eigenvalue weighted by atomic mass is 15.0. The number of aryl methyl sites for hydroxylation is 2. The maximum atomic E-state index is 5.80. The van der Waals surface area contributed by atoms with Gasteiger partial charge in [0, 0.05) is 16.8 Å². The first-order chi connectivity index (χ1) is 12.5. The average molecular weight is 351 g/mol. The molecule has 3 rings (SSSR count). The number of aromatic nitrogens is 2. The summed E-state index contributed by atoms with van der Waals surface area (Å²) in [7, 11) is 0. The quantitative estimate of drug-likeness (QED) is 0.437. The van der Waals surface area contributed by atoms with Crippen LogP contribution in [-0.2, 0) is 0 Å². The maximum absolute atomic E-state index is 5.80. The Morgan fingerprint density at radius 1 is 1.08 bits per heavy atom. The van der Waals surface area contributed by atoms with Gasteiger partial charge in [0.1, 0.15) is 12.1 Å². The lowest BCUT2D eigenvalue weighted by atomic mass is 10.1. The zero-order valence-corrected chi connectivity index (χ0v) is 16.5. The lowest BCUT2D eigenvalue weighted by Crippen LogP contribution is -1.97. The summed E-state index contributed by atoms with van der Waals surface area (Å²) in [6.07, 6.45) is 4.53. The van der Waals surface area contributed by atoms with Crippen molar-refractivity contribution in [3.63, 3.8) is 0 Å². The zero-order valence-electron chi connectivity index (χ0n) is 16.5. The molecule has 0 fully saturated rings. The molecule has 1 heterocycles. The first kappa shape index (κ1) is 21.2. The van der Waals surface area contributed by atoms with Gasteiger partial charge in [0.15, 0.2) is 0 Å². The predicted octanol–water partition coefficient (Wildman–Crippen LogP) is 6.18. The van der Waals surface area contributed by atoms with Gasteiger partial charge in [0.25, 0.3) is 0 Å². The van der Waals surface area contributed by atoms with Crippen LogP contribution in [-0.4, -0.2) is 9.97 Å². The van der Waals surface area contributed by atoms with E-state index in [9.17, 15) is 0 Å². The van der Waals surface area contributed by atoms with Crippen molar-refractivity contribution in [3.8, 4) is 0 Å². The Hall–Kier alpha value is -2.88. The van der Waals surface area contributed by atoms with E-state index in [1.807, 2.05) is 44.2 Å². The Bertz CT molecular complexity index is 841. The molecule has 0 atom stereocenters. The molecule has 26 heavy (non-hydrogen) atoms. The molecule has 0 radical (unpaired) electrons. The van der Waals surface area contributed by atoms with E-state index in [0.29, 0.717) is 0 Å². The third kappa shape index (κ3) is 5.88. The summed E-state index contributed by atoms with van der Waals surface area (Å²) < 4.78 is 0. The number of rotatable bonds is 3. The van der Waals surface area contributed by atoms with Gasteiger partial charge in [-0.05, 0) is 61.7 Å². The standard InChI is InChI=1S/C16H16N4.C4H8.C2H6/c1-10-6-14-15(7-11(10)2)18-9-19-16(14)20-13-5-3-4-12(17)8-13;1-3-4-2;1-2/h3-9H,17H2,1-2H3,(H,18,19,20);3H,1,4H2,2H3;1-2H3. The number of nitrogens with zero attached hydrogens (tertiary/aromatic N) is 2. The minimum Gasteiger partial charge on any atom is -0.399 e. The lowest BCUT2D eigenvalue weighted by Gasteiger charge is -2.10. The van der Waals surface area contributed by atoms with Crippen LogP contribution in [0, 0.1) is 13.8 Å². The maximum Gasteiger partial charge on any atom is 0.141 e. The number of benzene rings is 2. The summed E-state index contributed by atoms with van der Waals surface area (Å²) in [4.78, 5) is 8.67. The minimum absolute atomic E-state index is 0.723. The van der Waals surface area contributed by atoms with Crippen molar-refractivity contribution in [1.29, 1.82) is 0 Å². The first-order valence-corrected chi connectivity index (χ1v) is 9.00. The summed E-state index contributed by atoms with van der Waals surface area (Å²) in [5.41, 5.74) is 10.8. The van der Waals surface area contributed by atoms with Crippen molar-refractivity contribution in [2.75, 3.05) is 11.1 Å². The third-order valence-electron chi connectivity index (χ3n) is 3.69. The number of hydrogen-bond donors (Lipinski definition) is 2. The Morgan fingerprint density at radius 3 is 2.35 bits per heavy atom. The molecule has 4 nitrogen and oxygen atoms in total. The van der Waals surface area contributed by atoms with Crippen LogP contribution < -0.4 is 11.1 Å². The molecule has 3 N–H and O–H groups in total. The highest BCUT2D eigenvalue weighted by molar-refractivity contribution is 5.91. The number of nitrogens with one attached hydrogen (secondary N) is 1. The smallest absolute Gasteiger partial charge is 0.141 e. The Morgan fingerprint density at radius 2 is 1.73 bits per heavy atom. The second kappa shape index (κ2) is 10.9. The van der Waals surface area contributed by atoms with Crippen molar-refractivity contribution in [1.82, 2.24) is 9.97 Å². The second-order valence-electron chi connectivity index (χ2n) is 5.62. The highest BCUT2D eigenvalue weighted by Gasteiger charge is 2.06. The van der Waals surface area contributed by atoms with E-state index in [2.05, 4.69) is 54.8 Å². The molecule has 0 saturated heterocycles. The molecule has 0 unspecified atom stereocenters. The summed E-state index contributed by atoms with van der Waals surface area (Å²) in [6.45, 7) is 13.7. The van der Waals surface area contributed by atoms with E-state index >= 15 is 0 Å². The molecule has 0 aliphatic rings. The topological polar surface area (TPSA) is 63.8 Å². The fourth-order valence-corrected chi connectivity index (χ4v) is 2.17. The Balaban J connectivity index is 0.000000500. The average Bonchev–Trinajstić information content (AvgIpc) is 2.65. The second-order valence-corrected chi connectivity index (χ2v) is 5.62. The molecule has 138 valence electrons. The largest absolute Gasteiger partial charge is 0.399 e. The number of hydrogen-bond acceptors (Lipinski definition) is 4. The highest BCUT2D eigenvalue weighted by Crippen LogP contribution is 2.26. The predicted molar refractivity (Wildman–Crippen MR) is 115 cm³/mol. The zero-order chi connectivity index (χ0) is 19.5. The van der Waals surface area contributed by atoms with Gasteiger partial charge < -0.3 is 11.1 Å². The molecular formula is C22H30N4. The van der Waals surface area contributed by atoms with Crippen molar-refractivity contribution in [2.45, 2.75) is 41.0 Å². The molecule has 4 heteroatoms. The third-order valence-corrected chi connectivity index (χ3v) is 3.69. The summed E-state index contributed by atoms with van der Waals surface area (Å²) in [6, 6.07) is 11.8. The van der Waals surface area contributed by atoms with Crippen molar-refractivity contribution in [2.24, 2.45) is 0 Å². The van der Waals surface area contributed by atoms with E-state index in [-0.39, 0.29) is 0 Å². The van der Waals surface area contributed by atoms with Gasteiger partial charge in [-0.1, -0.05) is 32.9 Å². The van der Waals surface area contributed by atoms with Gasteiger partial charge in [-0.25, -0.2) is 9.97 Å². The lowest BCUT2D eigenvalue weighted by molar-refractivity contribution is 1.21. The van der Waals surface area contributed by atoms with Crippen molar-refractivity contribution >= 4 is 28.1 Å². The van der Waals surface area contributed by atoms with Crippen LogP contribution in [0.4, 0.5) is 17.2 Å². The monoisotopic (exact) mass is 350 g/mol. The van der Waals surface area contributed by atoms with Gasteiger partial charge in [0.05, 0.1) is 5.52 Å². The van der Waals surface area contributed by atoms with Gasteiger partial charge in [0.2, 0.25) is 0 Å². The summed E-state index contributed by atoms with van der Waals surface area (Å²) in [5.74, 6) is 0.795. The molecule has 0 aliphatic carbocycles. The fraction of sp³-hybridized carbons (Fsp3) is 0.273. The Kier molecular flexibility index (Phi) is 8.85. The Labute approximate surface area is 157 Å². The summed E-state index contributed by atoms with van der Waals surface area (Å²) >= 11 is 0. The van der Waals surface area contributed by atoms with Crippen LogP contribution in [0.25, 0.3) is 10.9 Å². The van der Waals surface area contributed by atoms with Gasteiger partial charge in [-0.2, -0.15) is 0 Å². The first-order valence-electron chi connectivity index (χ1n) is 9.00. The normalized spacial score (nSPS) is 9.42. The van der Waals surface area contributed by atoms with Crippen LogP contribution in [0.15, 0.2) is 55.4 Å². The van der Waals surface area contributed by atoms with E-state index in [1.54, 1.807) is 6.33 Å². The molecule has 0 amide bonds. The molecule has 0 saturated carbocycles. The van der Waals surface area contributed by atoms with Crippen LogP contribution in [0.3, 0.4) is 0 Å². The number of anilines is 3. The van der Waals surface area contributed by atoms with E-state index in [0.717, 1.165) is 34.5 Å². The SMILES string of the molecule is C=CCC.CC.Cc1cc2ncnc(Nc3cccc(N)c3)c2cc1C. The van der Waals surface area contributed by atoms with Crippen molar-refractivity contribution in [3.05, 3.63) is 66.5 Å². The van der Waals surface area contributed by atoms with Gasteiger partial charge >= 0.3 is 0 Å². The van der Waals surface area contributed by atoms with Crippen molar-refractivity contribution < 1.29 is 0 Å². The van der Waals surface area contributed by atoms with Gasteiger partial charge in [-0.3, -0.25) is 0 Å². The van der Waals surface area contributed by atoms with Crippen LogP contribution in [0.1, 0.15) is 38.3 Å². The van der Waals surface area contributed by atoms with E-state index in [1.165, 1.54) is 11.1 Å². The van der Waals surface area contributed by atoms with Gasteiger partial charge in [-0.15, -0.1) is 6.58 Å². The van der Waals surface area contributed by atoms with E-state index < -0.39 is 0 Å². The molecular weight excluding hydrogens is 320 g/mol. The van der Waals surface area contributed by atoms with Crippen LogP contribution >= 0.6 is 0 Å². The molecule has 0 aliphatic heterocycles. The molecule has 0 bridgehead atoms. The number of fused-ring (bicyclic) bond motifs is 1. The van der Waals surface area contributed by atoms with Crippen LogP contribution in [0.5, 0.6) is 0 Å².